The van der Waals surface area contributed by atoms with Gasteiger partial charge in [0, 0.05) is 27.9 Å². The van der Waals surface area contributed by atoms with Crippen LogP contribution >= 0.6 is 35.0 Å². The Morgan fingerprint density at radius 3 is 2.33 bits per heavy atom. The van der Waals surface area contributed by atoms with Gasteiger partial charge in [-0.05, 0) is 62.6 Å². The predicted molar refractivity (Wildman–Crippen MR) is 138 cm³/mol. The minimum Gasteiger partial charge on any atom is -0.497 e. The van der Waals surface area contributed by atoms with E-state index in [0.29, 0.717) is 34.5 Å². The van der Waals surface area contributed by atoms with Gasteiger partial charge >= 0.3 is 0 Å². The summed E-state index contributed by atoms with van der Waals surface area (Å²) in [4.78, 5) is 28.1. The molecule has 0 bridgehead atoms. The minimum atomic E-state index is -0.590. The number of thioether (sulfide) groups is 1. The van der Waals surface area contributed by atoms with Crippen molar-refractivity contribution in [1.29, 1.82) is 0 Å². The van der Waals surface area contributed by atoms with E-state index >= 15 is 0 Å². The van der Waals surface area contributed by atoms with Crippen molar-refractivity contribution in [3.63, 3.8) is 0 Å². The van der Waals surface area contributed by atoms with Gasteiger partial charge in [0.2, 0.25) is 11.8 Å². The normalized spacial score (nSPS) is 12.2. The second-order valence-electron chi connectivity index (χ2n) is 8.73. The fraction of sp³-hybridized carbons (Fsp3) is 0.440. The van der Waals surface area contributed by atoms with E-state index in [1.54, 1.807) is 30.2 Å². The third-order valence-corrected chi connectivity index (χ3v) is 6.56. The van der Waals surface area contributed by atoms with Crippen molar-refractivity contribution < 1.29 is 14.3 Å². The van der Waals surface area contributed by atoms with E-state index in [-0.39, 0.29) is 17.6 Å². The van der Waals surface area contributed by atoms with Gasteiger partial charge in [-0.3, -0.25) is 9.59 Å². The van der Waals surface area contributed by atoms with Crippen molar-refractivity contribution >= 4 is 46.8 Å². The SMILES string of the molecule is CCC(C(=O)NC(C)(C)C)N(Cc1cccc(OC)c1)C(=O)CSCc1c(Cl)cccc1Cl. The number of hydrogen-bond donors (Lipinski definition) is 1. The van der Waals surface area contributed by atoms with Crippen LogP contribution in [-0.4, -0.2) is 41.2 Å². The zero-order valence-electron chi connectivity index (χ0n) is 19.8. The van der Waals surface area contributed by atoms with E-state index in [1.165, 1.54) is 11.8 Å². The molecule has 0 saturated heterocycles. The molecule has 5 nitrogen and oxygen atoms in total. The Kier molecular flexibility index (Phi) is 10.4. The molecular weight excluding hydrogens is 479 g/mol. The van der Waals surface area contributed by atoms with Crippen LogP contribution in [0.15, 0.2) is 42.5 Å². The summed E-state index contributed by atoms with van der Waals surface area (Å²) in [5.74, 6) is 1.12. The number of carbonyl (C=O) groups excluding carboxylic acids is 2. The van der Waals surface area contributed by atoms with E-state index in [4.69, 9.17) is 27.9 Å². The summed E-state index contributed by atoms with van der Waals surface area (Å²) in [5, 5.41) is 4.16. The van der Waals surface area contributed by atoms with E-state index in [2.05, 4.69) is 5.32 Å². The number of methoxy groups -OCH3 is 1. The number of amides is 2. The summed E-state index contributed by atoms with van der Waals surface area (Å²) >= 11 is 13.9. The van der Waals surface area contributed by atoms with Gasteiger partial charge in [-0.1, -0.05) is 48.3 Å². The predicted octanol–water partition coefficient (Wildman–Crippen LogP) is 5.96. The molecule has 1 unspecified atom stereocenters. The Labute approximate surface area is 211 Å². The molecule has 2 amide bonds. The fourth-order valence-electron chi connectivity index (χ4n) is 3.33. The maximum Gasteiger partial charge on any atom is 0.243 e. The lowest BCUT2D eigenvalue weighted by Crippen LogP contribution is -2.53. The van der Waals surface area contributed by atoms with Gasteiger partial charge in [-0.15, -0.1) is 11.8 Å². The Bertz CT molecular complexity index is 943. The van der Waals surface area contributed by atoms with Crippen LogP contribution in [0.25, 0.3) is 0 Å². The first-order valence-electron chi connectivity index (χ1n) is 10.8. The van der Waals surface area contributed by atoms with Crippen molar-refractivity contribution in [2.75, 3.05) is 12.9 Å². The smallest absolute Gasteiger partial charge is 0.243 e. The molecular formula is C25H32Cl2N2O3S. The molecule has 2 rings (SSSR count). The van der Waals surface area contributed by atoms with Crippen molar-refractivity contribution in [3.8, 4) is 5.75 Å². The number of nitrogens with zero attached hydrogens (tertiary/aromatic N) is 1. The van der Waals surface area contributed by atoms with E-state index in [9.17, 15) is 9.59 Å². The lowest BCUT2D eigenvalue weighted by Gasteiger charge is -2.33. The number of nitrogens with one attached hydrogen (secondary N) is 1. The first-order chi connectivity index (χ1) is 15.6. The van der Waals surface area contributed by atoms with Gasteiger partial charge in [-0.25, -0.2) is 0 Å². The molecule has 33 heavy (non-hydrogen) atoms. The highest BCUT2D eigenvalue weighted by molar-refractivity contribution is 7.99. The molecule has 0 aliphatic rings. The molecule has 0 saturated carbocycles. The summed E-state index contributed by atoms with van der Waals surface area (Å²) in [6, 6.07) is 12.3. The number of carbonyl (C=O) groups is 2. The number of ether oxygens (including phenoxy) is 1. The second kappa shape index (κ2) is 12.5. The van der Waals surface area contributed by atoms with E-state index < -0.39 is 11.6 Å². The molecule has 0 fully saturated rings. The van der Waals surface area contributed by atoms with Gasteiger partial charge in [0.15, 0.2) is 0 Å². The highest BCUT2D eigenvalue weighted by Crippen LogP contribution is 2.28. The van der Waals surface area contributed by atoms with Crippen LogP contribution in [0.5, 0.6) is 5.75 Å². The fourth-order valence-corrected chi connectivity index (χ4v) is 4.98. The first kappa shape index (κ1) is 27.4. The lowest BCUT2D eigenvalue weighted by atomic mass is 10.1. The molecule has 0 spiro atoms. The van der Waals surface area contributed by atoms with Gasteiger partial charge in [0.1, 0.15) is 11.8 Å². The summed E-state index contributed by atoms with van der Waals surface area (Å²) < 4.78 is 5.32. The summed E-state index contributed by atoms with van der Waals surface area (Å²) in [6.45, 7) is 7.99. The van der Waals surface area contributed by atoms with Gasteiger partial charge < -0.3 is 15.0 Å². The molecule has 2 aromatic rings. The number of halogens is 2. The Balaban J connectivity index is 2.22. The van der Waals surface area contributed by atoms with Crippen LogP contribution < -0.4 is 10.1 Å². The van der Waals surface area contributed by atoms with Crippen LogP contribution in [-0.2, 0) is 21.9 Å². The number of hydrogen-bond acceptors (Lipinski definition) is 4. The van der Waals surface area contributed by atoms with Crippen molar-refractivity contribution in [2.24, 2.45) is 0 Å². The highest BCUT2D eigenvalue weighted by Gasteiger charge is 2.30. The molecule has 1 N–H and O–H groups in total. The van der Waals surface area contributed by atoms with E-state index in [0.717, 1.165) is 11.1 Å². The van der Waals surface area contributed by atoms with Gasteiger partial charge in [-0.2, -0.15) is 0 Å². The van der Waals surface area contributed by atoms with Crippen LogP contribution in [0, 0.1) is 0 Å². The average Bonchev–Trinajstić information content (AvgIpc) is 2.74. The van der Waals surface area contributed by atoms with Crippen molar-refractivity contribution in [3.05, 3.63) is 63.6 Å². The highest BCUT2D eigenvalue weighted by atomic mass is 35.5. The zero-order chi connectivity index (χ0) is 24.6. The summed E-state index contributed by atoms with van der Waals surface area (Å²) in [5.41, 5.74) is 1.30. The molecule has 0 aromatic heterocycles. The van der Waals surface area contributed by atoms with Crippen LogP contribution in [0.4, 0.5) is 0 Å². The van der Waals surface area contributed by atoms with Crippen molar-refractivity contribution in [2.45, 2.75) is 58.0 Å². The van der Waals surface area contributed by atoms with E-state index in [1.807, 2.05) is 52.0 Å². The first-order valence-corrected chi connectivity index (χ1v) is 12.7. The lowest BCUT2D eigenvalue weighted by molar-refractivity contribution is -0.140. The monoisotopic (exact) mass is 510 g/mol. The Hall–Kier alpha value is -1.89. The van der Waals surface area contributed by atoms with Crippen LogP contribution in [0.3, 0.4) is 0 Å². The molecule has 0 heterocycles. The quantitative estimate of drug-likeness (QED) is 0.428. The molecule has 180 valence electrons. The molecule has 0 radical (unpaired) electrons. The van der Waals surface area contributed by atoms with Crippen molar-refractivity contribution in [1.82, 2.24) is 10.2 Å². The zero-order valence-corrected chi connectivity index (χ0v) is 22.1. The Morgan fingerprint density at radius 1 is 1.12 bits per heavy atom. The topological polar surface area (TPSA) is 58.6 Å². The molecule has 1 atom stereocenters. The van der Waals surface area contributed by atoms with Crippen LogP contribution in [0.1, 0.15) is 45.2 Å². The summed E-state index contributed by atoms with van der Waals surface area (Å²) in [6.07, 6.45) is 0.499. The minimum absolute atomic E-state index is 0.123. The average molecular weight is 512 g/mol. The van der Waals surface area contributed by atoms with Gasteiger partial charge in [0.25, 0.3) is 0 Å². The number of benzene rings is 2. The third-order valence-electron chi connectivity index (χ3n) is 4.90. The maximum atomic E-state index is 13.4. The van der Waals surface area contributed by atoms with Crippen LogP contribution in [0.2, 0.25) is 10.0 Å². The molecule has 2 aromatic carbocycles. The standard InChI is InChI=1S/C25H32Cl2N2O3S/c1-6-22(24(31)28-25(2,3)4)29(14-17-9-7-10-18(13-17)32-5)23(30)16-33-15-19-20(26)11-8-12-21(19)27/h7-13,22H,6,14-16H2,1-5H3,(H,28,31). The van der Waals surface area contributed by atoms with Gasteiger partial charge in [0.05, 0.1) is 12.9 Å². The Morgan fingerprint density at radius 2 is 1.76 bits per heavy atom. The molecule has 0 aliphatic heterocycles. The number of rotatable bonds is 10. The largest absolute Gasteiger partial charge is 0.497 e. The third kappa shape index (κ3) is 8.43. The summed E-state index contributed by atoms with van der Waals surface area (Å²) in [7, 11) is 1.60. The second-order valence-corrected chi connectivity index (χ2v) is 10.5. The molecule has 8 heteroatoms. The maximum absolute atomic E-state index is 13.4. The molecule has 0 aliphatic carbocycles.